The zero-order valence-electron chi connectivity index (χ0n) is 7.20. The Labute approximate surface area is 68.5 Å². The Morgan fingerprint density at radius 1 is 1.27 bits per heavy atom. The molecule has 1 unspecified atom stereocenters. The minimum absolute atomic E-state index is 0.384. The van der Waals surface area contributed by atoms with Gasteiger partial charge in [0.25, 0.3) is 0 Å². The molecule has 1 rings (SSSR count). The summed E-state index contributed by atoms with van der Waals surface area (Å²) in [6.45, 7) is 4.07. The van der Waals surface area contributed by atoms with Gasteiger partial charge in [0, 0.05) is 18.4 Å². The highest BCUT2D eigenvalue weighted by Gasteiger charge is 1.79. The lowest BCUT2D eigenvalue weighted by Crippen LogP contribution is -2.11. The van der Waals surface area contributed by atoms with Crippen LogP contribution in [0.1, 0.15) is 20.3 Å². The van der Waals surface area contributed by atoms with Crippen LogP contribution in [0.25, 0.3) is 0 Å². The first-order chi connectivity index (χ1) is 5.27. The molecule has 0 amide bonds. The molecule has 0 aliphatic rings. The highest BCUT2D eigenvalue weighted by atomic mass is 14.6. The zero-order chi connectivity index (χ0) is 8.53. The SMILES string of the molecule is CCC(C)N.c1ccncc1. The molecule has 1 aromatic heterocycles. The maximum atomic E-state index is 5.29. The Morgan fingerprint density at radius 2 is 1.73 bits per heavy atom. The second kappa shape index (κ2) is 7.22. The van der Waals surface area contributed by atoms with Gasteiger partial charge in [-0.25, -0.2) is 0 Å². The predicted molar refractivity (Wildman–Crippen MR) is 48.2 cm³/mol. The fourth-order valence-corrected chi connectivity index (χ4v) is 0.313. The Morgan fingerprint density at radius 3 is 1.82 bits per heavy atom. The van der Waals surface area contributed by atoms with Crippen LogP contribution in [0.3, 0.4) is 0 Å². The van der Waals surface area contributed by atoms with E-state index in [0.717, 1.165) is 6.42 Å². The second-order valence-corrected chi connectivity index (χ2v) is 2.41. The van der Waals surface area contributed by atoms with E-state index in [1.807, 2.05) is 25.1 Å². The van der Waals surface area contributed by atoms with Crippen LogP contribution in [0.2, 0.25) is 0 Å². The lowest BCUT2D eigenvalue weighted by atomic mass is 10.3. The van der Waals surface area contributed by atoms with E-state index < -0.39 is 0 Å². The van der Waals surface area contributed by atoms with Crippen LogP contribution in [-0.4, -0.2) is 11.0 Å². The van der Waals surface area contributed by atoms with Crippen molar-refractivity contribution in [3.63, 3.8) is 0 Å². The molecule has 1 aromatic rings. The molecular formula is C9H16N2. The van der Waals surface area contributed by atoms with Crippen molar-refractivity contribution in [3.05, 3.63) is 30.6 Å². The van der Waals surface area contributed by atoms with Crippen LogP contribution >= 0.6 is 0 Å². The van der Waals surface area contributed by atoms with Gasteiger partial charge in [-0.1, -0.05) is 13.0 Å². The molecule has 11 heavy (non-hydrogen) atoms. The minimum Gasteiger partial charge on any atom is -0.328 e. The van der Waals surface area contributed by atoms with Crippen molar-refractivity contribution >= 4 is 0 Å². The van der Waals surface area contributed by atoms with Gasteiger partial charge in [-0.2, -0.15) is 0 Å². The molecular weight excluding hydrogens is 136 g/mol. The molecule has 1 heterocycles. The summed E-state index contributed by atoms with van der Waals surface area (Å²) >= 11 is 0. The highest BCUT2D eigenvalue weighted by molar-refractivity contribution is 4.88. The Hall–Kier alpha value is -0.890. The number of rotatable bonds is 1. The van der Waals surface area contributed by atoms with Crippen LogP contribution < -0.4 is 5.73 Å². The molecule has 0 aliphatic heterocycles. The predicted octanol–water partition coefficient (Wildman–Crippen LogP) is 1.83. The molecule has 0 fully saturated rings. The van der Waals surface area contributed by atoms with E-state index in [2.05, 4.69) is 11.9 Å². The quantitative estimate of drug-likeness (QED) is 0.666. The van der Waals surface area contributed by atoms with Crippen molar-refractivity contribution in [3.8, 4) is 0 Å². The first-order valence-corrected chi connectivity index (χ1v) is 3.88. The molecule has 62 valence electrons. The number of nitrogens with zero attached hydrogens (tertiary/aromatic N) is 1. The molecule has 0 bridgehead atoms. The van der Waals surface area contributed by atoms with Gasteiger partial charge in [0.15, 0.2) is 0 Å². The summed E-state index contributed by atoms with van der Waals surface area (Å²) in [5.41, 5.74) is 5.29. The van der Waals surface area contributed by atoms with Crippen molar-refractivity contribution in [2.45, 2.75) is 26.3 Å². The lowest BCUT2D eigenvalue weighted by Gasteiger charge is -1.91. The molecule has 1 atom stereocenters. The van der Waals surface area contributed by atoms with Gasteiger partial charge in [-0.15, -0.1) is 0 Å². The van der Waals surface area contributed by atoms with Crippen molar-refractivity contribution in [1.29, 1.82) is 0 Å². The van der Waals surface area contributed by atoms with E-state index in [1.54, 1.807) is 12.4 Å². The molecule has 2 heteroatoms. The summed E-state index contributed by atoms with van der Waals surface area (Å²) in [4.78, 5) is 3.78. The van der Waals surface area contributed by atoms with Gasteiger partial charge in [0.2, 0.25) is 0 Å². The highest BCUT2D eigenvalue weighted by Crippen LogP contribution is 1.77. The summed E-state index contributed by atoms with van der Waals surface area (Å²) in [5, 5.41) is 0. The second-order valence-electron chi connectivity index (χ2n) is 2.41. The summed E-state index contributed by atoms with van der Waals surface area (Å²) in [5.74, 6) is 0. The van der Waals surface area contributed by atoms with Gasteiger partial charge in [-0.05, 0) is 25.5 Å². The summed E-state index contributed by atoms with van der Waals surface area (Å²) in [6.07, 6.45) is 4.58. The number of aromatic nitrogens is 1. The van der Waals surface area contributed by atoms with E-state index in [1.165, 1.54) is 0 Å². The molecule has 0 saturated carbocycles. The van der Waals surface area contributed by atoms with Crippen LogP contribution in [-0.2, 0) is 0 Å². The average molecular weight is 152 g/mol. The Balaban J connectivity index is 0.000000187. The number of hydrogen-bond acceptors (Lipinski definition) is 2. The normalized spacial score (nSPS) is 11.2. The van der Waals surface area contributed by atoms with Crippen molar-refractivity contribution in [1.82, 2.24) is 4.98 Å². The van der Waals surface area contributed by atoms with Gasteiger partial charge < -0.3 is 5.73 Å². The standard InChI is InChI=1S/C5H5N.C4H11N/c1-2-4-6-5-3-1;1-3-4(2)5/h1-5H;4H,3,5H2,1-2H3. The van der Waals surface area contributed by atoms with Gasteiger partial charge in [0.05, 0.1) is 0 Å². The zero-order valence-corrected chi connectivity index (χ0v) is 7.20. The molecule has 2 nitrogen and oxygen atoms in total. The fraction of sp³-hybridized carbons (Fsp3) is 0.444. The van der Waals surface area contributed by atoms with E-state index in [4.69, 9.17) is 5.73 Å². The van der Waals surface area contributed by atoms with Crippen LogP contribution in [0.5, 0.6) is 0 Å². The summed E-state index contributed by atoms with van der Waals surface area (Å²) < 4.78 is 0. The maximum absolute atomic E-state index is 5.29. The molecule has 0 saturated heterocycles. The average Bonchev–Trinajstić information content (AvgIpc) is 2.09. The third kappa shape index (κ3) is 9.11. The van der Waals surface area contributed by atoms with Crippen molar-refractivity contribution in [2.75, 3.05) is 0 Å². The van der Waals surface area contributed by atoms with E-state index in [0.29, 0.717) is 6.04 Å². The molecule has 0 radical (unpaired) electrons. The van der Waals surface area contributed by atoms with Crippen LogP contribution in [0, 0.1) is 0 Å². The number of pyridine rings is 1. The summed E-state index contributed by atoms with van der Waals surface area (Å²) in [6, 6.07) is 6.10. The Bertz CT molecular complexity index is 122. The fourth-order valence-electron chi connectivity index (χ4n) is 0.313. The maximum Gasteiger partial charge on any atom is 0.0267 e. The molecule has 0 aromatic carbocycles. The number of nitrogens with two attached hydrogens (primary N) is 1. The van der Waals surface area contributed by atoms with Gasteiger partial charge in [0.1, 0.15) is 0 Å². The van der Waals surface area contributed by atoms with Gasteiger partial charge in [-0.3, -0.25) is 4.98 Å². The first kappa shape index (κ1) is 10.1. The van der Waals surface area contributed by atoms with Crippen LogP contribution in [0.4, 0.5) is 0 Å². The first-order valence-electron chi connectivity index (χ1n) is 3.88. The monoisotopic (exact) mass is 152 g/mol. The number of hydrogen-bond donors (Lipinski definition) is 1. The largest absolute Gasteiger partial charge is 0.328 e. The third-order valence-corrected chi connectivity index (χ3v) is 1.21. The Kier molecular flexibility index (Phi) is 6.64. The topological polar surface area (TPSA) is 38.9 Å². The minimum atomic E-state index is 0.384. The third-order valence-electron chi connectivity index (χ3n) is 1.21. The molecule has 2 N–H and O–H groups in total. The van der Waals surface area contributed by atoms with E-state index in [9.17, 15) is 0 Å². The van der Waals surface area contributed by atoms with Crippen molar-refractivity contribution in [2.24, 2.45) is 5.73 Å². The van der Waals surface area contributed by atoms with E-state index in [-0.39, 0.29) is 0 Å². The smallest absolute Gasteiger partial charge is 0.0267 e. The van der Waals surface area contributed by atoms with Gasteiger partial charge >= 0.3 is 0 Å². The van der Waals surface area contributed by atoms with Crippen LogP contribution in [0.15, 0.2) is 30.6 Å². The summed E-state index contributed by atoms with van der Waals surface area (Å²) in [7, 11) is 0. The van der Waals surface area contributed by atoms with E-state index >= 15 is 0 Å². The molecule has 0 spiro atoms. The lowest BCUT2D eigenvalue weighted by molar-refractivity contribution is 0.715. The molecule has 0 aliphatic carbocycles. The van der Waals surface area contributed by atoms with Crippen molar-refractivity contribution < 1.29 is 0 Å².